The Hall–Kier alpha value is -2.67. The number of aromatic nitrogens is 4. The third kappa shape index (κ3) is 3.28. The van der Waals surface area contributed by atoms with E-state index in [0.29, 0.717) is 29.5 Å². The van der Waals surface area contributed by atoms with Gasteiger partial charge in [0.25, 0.3) is 0 Å². The molecule has 3 aromatic rings. The van der Waals surface area contributed by atoms with Crippen molar-refractivity contribution < 1.29 is 9.84 Å². The molecule has 0 unspecified atom stereocenters. The summed E-state index contributed by atoms with van der Waals surface area (Å²) >= 11 is 0. The van der Waals surface area contributed by atoms with Crippen molar-refractivity contribution in [2.45, 2.75) is 25.8 Å². The second kappa shape index (κ2) is 6.68. The van der Waals surface area contributed by atoms with Gasteiger partial charge >= 0.3 is 5.69 Å². The Balaban J connectivity index is 1.64. The average Bonchev–Trinajstić information content (AvgIpc) is 2.96. The normalized spacial score (nSPS) is 15.7. The number of aromatic hydroxyl groups is 1. The van der Waals surface area contributed by atoms with Crippen LogP contribution in [0.25, 0.3) is 22.6 Å². The quantitative estimate of drug-likeness (QED) is 0.760. The molecule has 7 heteroatoms. The lowest BCUT2D eigenvalue weighted by molar-refractivity contribution is 0.0626. The zero-order valence-corrected chi connectivity index (χ0v) is 13.8. The minimum atomic E-state index is -0.176. The molecule has 2 aromatic heterocycles. The number of H-pyrrole nitrogens is 1. The van der Waals surface area contributed by atoms with Crippen molar-refractivity contribution in [3.8, 4) is 17.0 Å². The summed E-state index contributed by atoms with van der Waals surface area (Å²) in [5.74, 6) is 0.784. The molecule has 3 heterocycles. The lowest BCUT2D eigenvalue weighted by Gasteiger charge is -2.21. The average molecular weight is 340 g/mol. The summed E-state index contributed by atoms with van der Waals surface area (Å²) in [6, 6.07) is 6.78. The molecule has 0 saturated carbocycles. The number of aromatic amines is 1. The number of phenols is 1. The van der Waals surface area contributed by atoms with E-state index in [9.17, 15) is 9.90 Å². The van der Waals surface area contributed by atoms with E-state index in [1.54, 1.807) is 35.0 Å². The maximum absolute atomic E-state index is 12.3. The van der Waals surface area contributed by atoms with Gasteiger partial charge in [-0.1, -0.05) is 0 Å². The summed E-state index contributed by atoms with van der Waals surface area (Å²) in [5, 5.41) is 9.42. The Morgan fingerprint density at radius 1 is 1.24 bits per heavy atom. The molecule has 1 fully saturated rings. The van der Waals surface area contributed by atoms with Crippen LogP contribution in [-0.2, 0) is 11.3 Å². The fourth-order valence-electron chi connectivity index (χ4n) is 3.25. The second-order valence-electron chi connectivity index (χ2n) is 6.40. The van der Waals surface area contributed by atoms with Gasteiger partial charge in [0.15, 0.2) is 11.3 Å². The number of aryl methyl sites for hydroxylation is 1. The molecule has 7 nitrogen and oxygen atoms in total. The van der Waals surface area contributed by atoms with Gasteiger partial charge in [-0.15, -0.1) is 0 Å². The van der Waals surface area contributed by atoms with E-state index in [4.69, 9.17) is 4.74 Å². The molecule has 25 heavy (non-hydrogen) atoms. The zero-order chi connectivity index (χ0) is 17.2. The highest BCUT2D eigenvalue weighted by Gasteiger charge is 2.16. The highest BCUT2D eigenvalue weighted by molar-refractivity contribution is 5.70. The molecule has 4 rings (SSSR count). The van der Waals surface area contributed by atoms with Gasteiger partial charge in [-0.25, -0.2) is 14.8 Å². The maximum atomic E-state index is 12.3. The van der Waals surface area contributed by atoms with Crippen molar-refractivity contribution in [3.05, 3.63) is 40.9 Å². The number of rotatable bonds is 4. The van der Waals surface area contributed by atoms with E-state index in [1.807, 2.05) is 0 Å². The fraction of sp³-hybridized carbons (Fsp3) is 0.389. The van der Waals surface area contributed by atoms with Crippen molar-refractivity contribution >= 4 is 11.3 Å². The monoisotopic (exact) mass is 340 g/mol. The van der Waals surface area contributed by atoms with Gasteiger partial charge in [-0.3, -0.25) is 9.55 Å². The number of nitrogens with zero attached hydrogens (tertiary/aromatic N) is 3. The van der Waals surface area contributed by atoms with Crippen LogP contribution in [0.15, 0.2) is 35.3 Å². The number of nitrogens with one attached hydrogen (secondary N) is 1. The van der Waals surface area contributed by atoms with Crippen LogP contribution in [-0.4, -0.2) is 37.8 Å². The van der Waals surface area contributed by atoms with Gasteiger partial charge in [0.1, 0.15) is 5.75 Å². The van der Waals surface area contributed by atoms with Crippen LogP contribution >= 0.6 is 0 Å². The Kier molecular flexibility index (Phi) is 4.23. The number of hydrogen-bond donors (Lipinski definition) is 2. The smallest absolute Gasteiger partial charge is 0.328 e. The van der Waals surface area contributed by atoms with Gasteiger partial charge in [0.05, 0.1) is 11.9 Å². The second-order valence-corrected chi connectivity index (χ2v) is 6.40. The van der Waals surface area contributed by atoms with Crippen LogP contribution < -0.4 is 5.69 Å². The largest absolute Gasteiger partial charge is 0.508 e. The summed E-state index contributed by atoms with van der Waals surface area (Å²) < 4.78 is 7.06. The van der Waals surface area contributed by atoms with Crippen molar-refractivity contribution in [3.63, 3.8) is 0 Å². The van der Waals surface area contributed by atoms with Crippen LogP contribution in [0.1, 0.15) is 19.3 Å². The fourth-order valence-corrected chi connectivity index (χ4v) is 3.25. The molecule has 0 aliphatic carbocycles. The van der Waals surface area contributed by atoms with E-state index >= 15 is 0 Å². The molecular formula is C18H20N4O3. The summed E-state index contributed by atoms with van der Waals surface area (Å²) in [7, 11) is 0. The van der Waals surface area contributed by atoms with E-state index < -0.39 is 0 Å². The molecular weight excluding hydrogens is 320 g/mol. The molecule has 0 amide bonds. The molecule has 0 atom stereocenters. The maximum Gasteiger partial charge on any atom is 0.328 e. The highest BCUT2D eigenvalue weighted by atomic mass is 16.5. The predicted octanol–water partition coefficient (Wildman–Crippen LogP) is 2.31. The Morgan fingerprint density at radius 3 is 2.76 bits per heavy atom. The number of phenolic OH excluding ortho intramolecular Hbond substituents is 1. The molecule has 0 bridgehead atoms. The van der Waals surface area contributed by atoms with Gasteiger partial charge in [0.2, 0.25) is 0 Å². The highest BCUT2D eigenvalue weighted by Crippen LogP contribution is 2.22. The first-order chi connectivity index (χ1) is 12.2. The SMILES string of the molecule is O=c1[nH]c2ncc(-c3ccc(O)cc3)nc2n1CCC1CCOCC1. The first kappa shape index (κ1) is 15.8. The first-order valence-electron chi connectivity index (χ1n) is 8.53. The molecule has 0 radical (unpaired) electrons. The summed E-state index contributed by atoms with van der Waals surface area (Å²) in [4.78, 5) is 24.0. The summed E-state index contributed by atoms with van der Waals surface area (Å²) in [5.41, 5.74) is 2.41. The molecule has 0 spiro atoms. The van der Waals surface area contributed by atoms with Gasteiger partial charge in [-0.2, -0.15) is 0 Å². The van der Waals surface area contributed by atoms with Crippen molar-refractivity contribution in [1.29, 1.82) is 0 Å². The van der Waals surface area contributed by atoms with E-state index in [-0.39, 0.29) is 11.4 Å². The van der Waals surface area contributed by atoms with Crippen molar-refractivity contribution in [2.75, 3.05) is 13.2 Å². The third-order valence-electron chi connectivity index (χ3n) is 4.75. The molecule has 130 valence electrons. The van der Waals surface area contributed by atoms with Crippen LogP contribution in [0, 0.1) is 5.92 Å². The van der Waals surface area contributed by atoms with Gasteiger partial charge < -0.3 is 9.84 Å². The van der Waals surface area contributed by atoms with E-state index in [1.165, 1.54) is 0 Å². The molecule has 2 N–H and O–H groups in total. The van der Waals surface area contributed by atoms with E-state index in [0.717, 1.165) is 38.0 Å². The lowest BCUT2D eigenvalue weighted by Crippen LogP contribution is -2.22. The molecule has 1 aliphatic heterocycles. The van der Waals surface area contributed by atoms with Crippen LogP contribution in [0.4, 0.5) is 0 Å². The van der Waals surface area contributed by atoms with Crippen LogP contribution in [0.3, 0.4) is 0 Å². The number of fused-ring (bicyclic) bond motifs is 1. The predicted molar refractivity (Wildman–Crippen MR) is 93.4 cm³/mol. The number of ether oxygens (including phenoxy) is 1. The molecule has 1 aromatic carbocycles. The Morgan fingerprint density at radius 2 is 2.00 bits per heavy atom. The lowest BCUT2D eigenvalue weighted by atomic mass is 9.97. The zero-order valence-electron chi connectivity index (χ0n) is 13.8. The standard InChI is InChI=1S/C18H20N4O3/c23-14-3-1-13(2-4-14)15-11-19-16-17(20-15)22(18(24)21-16)8-5-12-6-9-25-10-7-12/h1-4,11-12,23H,5-10H2,(H,19,21,24). The number of benzene rings is 1. The minimum absolute atomic E-state index is 0.176. The Labute approximate surface area is 144 Å². The number of imidazole rings is 1. The molecule has 1 saturated heterocycles. The summed E-state index contributed by atoms with van der Waals surface area (Å²) in [6.45, 7) is 2.23. The minimum Gasteiger partial charge on any atom is -0.508 e. The number of hydrogen-bond acceptors (Lipinski definition) is 5. The third-order valence-corrected chi connectivity index (χ3v) is 4.75. The topological polar surface area (TPSA) is 93.0 Å². The van der Waals surface area contributed by atoms with Gasteiger partial charge in [-0.05, 0) is 49.4 Å². The Bertz CT molecular complexity index is 924. The molecule has 1 aliphatic rings. The van der Waals surface area contributed by atoms with Crippen molar-refractivity contribution in [2.24, 2.45) is 5.92 Å². The summed E-state index contributed by atoms with van der Waals surface area (Å²) in [6.07, 6.45) is 4.65. The van der Waals surface area contributed by atoms with Gasteiger partial charge in [0, 0.05) is 25.3 Å². The van der Waals surface area contributed by atoms with E-state index in [2.05, 4.69) is 15.0 Å². The van der Waals surface area contributed by atoms with Crippen LogP contribution in [0.5, 0.6) is 5.75 Å². The first-order valence-corrected chi connectivity index (χ1v) is 8.53. The van der Waals surface area contributed by atoms with Crippen molar-refractivity contribution in [1.82, 2.24) is 19.5 Å². The van der Waals surface area contributed by atoms with Crippen LogP contribution in [0.2, 0.25) is 0 Å².